The highest BCUT2D eigenvalue weighted by Gasteiger charge is 2.15. The number of carbonyl (C=O) groups is 1. The number of anilines is 1. The molecule has 0 aliphatic carbocycles. The predicted octanol–water partition coefficient (Wildman–Crippen LogP) is 0.624. The van der Waals surface area contributed by atoms with Gasteiger partial charge in [-0.1, -0.05) is 18.2 Å². The second kappa shape index (κ2) is 10.2. The Labute approximate surface area is 136 Å². The number of para-hydroxylation sites is 1. The highest BCUT2D eigenvalue weighted by atomic mass is 32.2. The molecule has 0 aliphatic heterocycles. The van der Waals surface area contributed by atoms with Gasteiger partial charge in [0.2, 0.25) is 0 Å². The molecule has 1 rings (SSSR count). The van der Waals surface area contributed by atoms with Crippen LogP contribution >= 0.6 is 0 Å². The first-order valence-corrected chi connectivity index (χ1v) is 8.26. The molecule has 8 nitrogen and oxygen atoms in total. The molecule has 0 fully saturated rings. The molecule has 0 heterocycles. The van der Waals surface area contributed by atoms with E-state index in [2.05, 4.69) is 4.18 Å². The standard InChI is InChI=1S/C8H11N.C6H13NO6S/c1-6-4-3-5-7(2)8(6)9;1-5(2)12-4-7-14(10,11)13-6(9)3-8/h3-5H,9H2,1-2H3;5,7-8H,3-4H2,1-2H3. The Hall–Kier alpha value is -1.68. The fourth-order valence-corrected chi connectivity index (χ4v) is 1.85. The molecule has 0 saturated heterocycles. The zero-order valence-electron chi connectivity index (χ0n) is 13.7. The van der Waals surface area contributed by atoms with Gasteiger partial charge in [-0.15, -0.1) is 0 Å². The zero-order chi connectivity index (χ0) is 18.0. The maximum absolute atomic E-state index is 10.8. The molecule has 0 radical (unpaired) electrons. The molecule has 0 aliphatic rings. The maximum Gasteiger partial charge on any atom is 0.387 e. The molecule has 1 aromatic carbocycles. The third-order valence-corrected chi connectivity index (χ3v) is 3.40. The van der Waals surface area contributed by atoms with Crippen molar-refractivity contribution in [3.8, 4) is 0 Å². The largest absolute Gasteiger partial charge is 0.398 e. The third-order valence-electron chi connectivity index (χ3n) is 2.53. The lowest BCUT2D eigenvalue weighted by Crippen LogP contribution is -2.31. The van der Waals surface area contributed by atoms with E-state index in [9.17, 15) is 13.2 Å². The summed E-state index contributed by atoms with van der Waals surface area (Å²) in [6.07, 6.45) is -0.147. The second-order valence-corrected chi connectivity index (χ2v) is 6.24. The molecule has 1 aromatic rings. The van der Waals surface area contributed by atoms with Gasteiger partial charge in [0.05, 0.1) is 6.10 Å². The molecular formula is C14H24N2O6S. The second-order valence-electron chi connectivity index (χ2n) is 4.88. The van der Waals surface area contributed by atoms with Gasteiger partial charge in [0.1, 0.15) is 13.3 Å². The third kappa shape index (κ3) is 9.84. The minimum absolute atomic E-state index is 0.147. The van der Waals surface area contributed by atoms with Crippen molar-refractivity contribution in [3.05, 3.63) is 29.3 Å². The Morgan fingerprint density at radius 2 is 1.83 bits per heavy atom. The van der Waals surface area contributed by atoms with E-state index in [0.717, 1.165) is 16.8 Å². The number of benzene rings is 1. The van der Waals surface area contributed by atoms with Crippen LogP contribution in [0.25, 0.3) is 0 Å². The molecule has 0 saturated carbocycles. The van der Waals surface area contributed by atoms with Crippen molar-refractivity contribution < 1.29 is 27.2 Å². The molecule has 0 unspecified atom stereocenters. The van der Waals surface area contributed by atoms with Crippen LogP contribution in [0.2, 0.25) is 0 Å². The molecule has 9 heteroatoms. The van der Waals surface area contributed by atoms with Crippen LogP contribution in [0.1, 0.15) is 25.0 Å². The fourth-order valence-electron chi connectivity index (χ4n) is 1.28. The number of rotatable bonds is 6. The van der Waals surface area contributed by atoms with Gasteiger partial charge >= 0.3 is 16.3 Å². The molecular weight excluding hydrogens is 324 g/mol. The molecule has 0 atom stereocenters. The lowest BCUT2D eigenvalue weighted by atomic mass is 10.1. The number of hydrogen-bond acceptors (Lipinski definition) is 7. The van der Waals surface area contributed by atoms with Crippen molar-refractivity contribution in [2.75, 3.05) is 19.1 Å². The van der Waals surface area contributed by atoms with E-state index in [1.54, 1.807) is 13.8 Å². The SMILES string of the molecule is CC(C)OCNS(=O)(=O)OC(=O)CO.Cc1cccc(C)c1N. The Balaban J connectivity index is 0.000000459. The minimum atomic E-state index is -4.17. The van der Waals surface area contributed by atoms with Crippen LogP contribution in [-0.4, -0.2) is 38.9 Å². The first kappa shape index (κ1) is 21.3. The fraction of sp³-hybridized carbons (Fsp3) is 0.500. The summed E-state index contributed by atoms with van der Waals surface area (Å²) in [5, 5.41) is 8.21. The summed E-state index contributed by atoms with van der Waals surface area (Å²) in [5.74, 6) is -1.25. The minimum Gasteiger partial charge on any atom is -0.398 e. The summed E-state index contributed by atoms with van der Waals surface area (Å²) in [6.45, 7) is 6.18. The summed E-state index contributed by atoms with van der Waals surface area (Å²) < 4.78 is 32.2. The highest BCUT2D eigenvalue weighted by Crippen LogP contribution is 2.13. The first-order chi connectivity index (χ1) is 10.6. The van der Waals surface area contributed by atoms with Crippen LogP contribution in [0, 0.1) is 13.8 Å². The van der Waals surface area contributed by atoms with Crippen LogP contribution in [0.15, 0.2) is 18.2 Å². The van der Waals surface area contributed by atoms with Crippen molar-refractivity contribution >= 4 is 22.0 Å². The number of nitrogen functional groups attached to an aromatic ring is 1. The Morgan fingerprint density at radius 1 is 1.30 bits per heavy atom. The molecule has 0 amide bonds. The quantitative estimate of drug-likeness (QED) is 0.508. The number of aliphatic hydroxyl groups excluding tert-OH is 1. The summed E-state index contributed by atoms with van der Waals surface area (Å²) >= 11 is 0. The highest BCUT2D eigenvalue weighted by molar-refractivity contribution is 7.85. The van der Waals surface area contributed by atoms with Crippen LogP contribution < -0.4 is 10.5 Å². The van der Waals surface area contributed by atoms with Gasteiger partial charge in [0.15, 0.2) is 0 Å². The van der Waals surface area contributed by atoms with E-state index in [4.69, 9.17) is 15.6 Å². The van der Waals surface area contributed by atoms with E-state index in [0.29, 0.717) is 0 Å². The monoisotopic (exact) mass is 348 g/mol. The van der Waals surface area contributed by atoms with Crippen LogP contribution in [0.4, 0.5) is 5.69 Å². The number of carbonyl (C=O) groups excluding carboxylic acids is 1. The number of nitrogens with two attached hydrogens (primary N) is 1. The van der Waals surface area contributed by atoms with Gasteiger partial charge < -0.3 is 19.8 Å². The first-order valence-electron chi connectivity index (χ1n) is 6.85. The lowest BCUT2D eigenvalue weighted by molar-refractivity contribution is -0.137. The predicted molar refractivity (Wildman–Crippen MR) is 86.6 cm³/mol. The summed E-state index contributed by atoms with van der Waals surface area (Å²) in [7, 11) is -4.17. The topological polar surface area (TPSA) is 128 Å². The van der Waals surface area contributed by atoms with Gasteiger partial charge in [-0.25, -0.2) is 4.79 Å². The maximum atomic E-state index is 10.8. The van der Waals surface area contributed by atoms with E-state index < -0.39 is 22.9 Å². The smallest absolute Gasteiger partial charge is 0.387 e. The molecule has 0 bridgehead atoms. The number of nitrogens with one attached hydrogen (secondary N) is 1. The van der Waals surface area contributed by atoms with Crippen molar-refractivity contribution in [2.24, 2.45) is 0 Å². The summed E-state index contributed by atoms with van der Waals surface area (Å²) in [6, 6.07) is 6.05. The number of aryl methyl sites for hydroxylation is 2. The number of ether oxygens (including phenoxy) is 1. The molecule has 23 heavy (non-hydrogen) atoms. The van der Waals surface area contributed by atoms with Crippen LogP contribution in [0.5, 0.6) is 0 Å². The van der Waals surface area contributed by atoms with Crippen LogP contribution in [-0.2, 0) is 24.0 Å². The van der Waals surface area contributed by atoms with Gasteiger partial charge in [0, 0.05) is 5.69 Å². The Kier molecular flexibility index (Phi) is 9.42. The van der Waals surface area contributed by atoms with Crippen molar-refractivity contribution in [3.63, 3.8) is 0 Å². The number of hydrogen-bond donors (Lipinski definition) is 3. The van der Waals surface area contributed by atoms with E-state index in [1.165, 1.54) is 0 Å². The zero-order valence-corrected chi connectivity index (χ0v) is 14.5. The van der Waals surface area contributed by atoms with Crippen molar-refractivity contribution in [1.29, 1.82) is 0 Å². The average Bonchev–Trinajstić information content (AvgIpc) is 2.44. The van der Waals surface area contributed by atoms with Gasteiger partial charge in [0.25, 0.3) is 0 Å². The van der Waals surface area contributed by atoms with E-state index >= 15 is 0 Å². The van der Waals surface area contributed by atoms with Crippen LogP contribution in [0.3, 0.4) is 0 Å². The molecule has 0 spiro atoms. The summed E-state index contributed by atoms with van der Waals surface area (Å²) in [5.41, 5.74) is 8.92. The average molecular weight is 348 g/mol. The molecule has 4 N–H and O–H groups in total. The molecule has 0 aromatic heterocycles. The lowest BCUT2D eigenvalue weighted by Gasteiger charge is -2.08. The number of aliphatic hydroxyl groups is 1. The van der Waals surface area contributed by atoms with Gasteiger partial charge in [-0.2, -0.15) is 13.1 Å². The normalized spacial score (nSPS) is 10.9. The Bertz CT molecular complexity index is 581. The van der Waals surface area contributed by atoms with Crippen molar-refractivity contribution in [2.45, 2.75) is 33.8 Å². The van der Waals surface area contributed by atoms with Crippen molar-refractivity contribution in [1.82, 2.24) is 4.72 Å². The molecule has 132 valence electrons. The van der Waals surface area contributed by atoms with Gasteiger partial charge in [-0.3, -0.25) is 0 Å². The van der Waals surface area contributed by atoms with E-state index in [1.807, 2.05) is 36.8 Å². The Morgan fingerprint density at radius 3 is 2.22 bits per heavy atom. The summed E-state index contributed by atoms with van der Waals surface area (Å²) in [4.78, 5) is 10.4. The van der Waals surface area contributed by atoms with E-state index in [-0.39, 0.29) is 12.8 Å². The van der Waals surface area contributed by atoms with Gasteiger partial charge in [-0.05, 0) is 38.8 Å².